The zero-order valence-electron chi connectivity index (χ0n) is 15.6. The van der Waals surface area contributed by atoms with Crippen LogP contribution in [0, 0.1) is 6.92 Å². The largest absolute Gasteiger partial charge is 0.497 e. The monoisotopic (exact) mass is 376 g/mol. The van der Waals surface area contributed by atoms with Crippen LogP contribution in [0.4, 0.5) is 5.69 Å². The van der Waals surface area contributed by atoms with Crippen LogP contribution in [0.15, 0.2) is 77.0 Å². The maximum absolute atomic E-state index is 12.8. The molecule has 0 saturated heterocycles. The number of ether oxygens (including phenoxy) is 1. The summed E-state index contributed by atoms with van der Waals surface area (Å²) in [7, 11) is 1.57. The Hall–Kier alpha value is -3.80. The van der Waals surface area contributed by atoms with E-state index in [2.05, 4.69) is 10.6 Å². The number of carbonyl (C=O) groups excluding carboxylic acids is 2. The Labute approximate surface area is 162 Å². The predicted octanol–water partition coefficient (Wildman–Crippen LogP) is 4.01. The number of amides is 2. The van der Waals surface area contributed by atoms with Crippen LogP contribution in [0.2, 0.25) is 0 Å². The molecule has 28 heavy (non-hydrogen) atoms. The van der Waals surface area contributed by atoms with E-state index in [1.165, 1.54) is 12.3 Å². The minimum atomic E-state index is -0.470. The average Bonchev–Trinajstić information content (AvgIpc) is 3.21. The standard InChI is InChI=1S/C22H20N2O4/c1-15-5-3-6-16(13-15)21(25)24-20(14-19-7-4-12-28-19)22(26)23-17-8-10-18(27-2)11-9-17/h3-14H,1-2H3,(H,23,26)(H,24,25)/b20-14-. The molecule has 0 atom stereocenters. The minimum absolute atomic E-state index is 0.0669. The zero-order valence-corrected chi connectivity index (χ0v) is 15.6. The summed E-state index contributed by atoms with van der Waals surface area (Å²) in [5.74, 6) is 0.274. The normalized spacial score (nSPS) is 11.0. The Morgan fingerprint density at radius 3 is 2.46 bits per heavy atom. The van der Waals surface area contributed by atoms with Gasteiger partial charge in [0.05, 0.1) is 13.4 Å². The van der Waals surface area contributed by atoms with E-state index in [4.69, 9.17) is 9.15 Å². The number of anilines is 1. The molecule has 3 aromatic rings. The molecule has 0 radical (unpaired) electrons. The topological polar surface area (TPSA) is 80.6 Å². The highest BCUT2D eigenvalue weighted by molar-refractivity contribution is 6.10. The lowest BCUT2D eigenvalue weighted by Gasteiger charge is -2.11. The van der Waals surface area contributed by atoms with Crippen LogP contribution < -0.4 is 15.4 Å². The van der Waals surface area contributed by atoms with Gasteiger partial charge in [-0.15, -0.1) is 0 Å². The third kappa shape index (κ3) is 4.88. The molecule has 6 heteroatoms. The van der Waals surface area contributed by atoms with Crippen molar-refractivity contribution < 1.29 is 18.7 Å². The molecule has 0 aliphatic heterocycles. The molecule has 0 aliphatic rings. The van der Waals surface area contributed by atoms with Gasteiger partial charge in [0, 0.05) is 17.3 Å². The van der Waals surface area contributed by atoms with Gasteiger partial charge in [0.1, 0.15) is 17.2 Å². The fraction of sp³-hybridized carbons (Fsp3) is 0.0909. The molecule has 3 rings (SSSR count). The molecule has 0 bridgehead atoms. The molecular formula is C22H20N2O4. The van der Waals surface area contributed by atoms with Crippen LogP contribution in [-0.2, 0) is 4.79 Å². The van der Waals surface area contributed by atoms with Gasteiger partial charge < -0.3 is 19.8 Å². The highest BCUT2D eigenvalue weighted by Crippen LogP contribution is 2.16. The summed E-state index contributed by atoms with van der Waals surface area (Å²) in [6.07, 6.45) is 2.97. The average molecular weight is 376 g/mol. The molecule has 6 nitrogen and oxygen atoms in total. The first-order valence-corrected chi connectivity index (χ1v) is 8.64. The van der Waals surface area contributed by atoms with Gasteiger partial charge in [0.15, 0.2) is 0 Å². The van der Waals surface area contributed by atoms with E-state index >= 15 is 0 Å². The maximum atomic E-state index is 12.8. The van der Waals surface area contributed by atoms with E-state index < -0.39 is 5.91 Å². The number of nitrogens with one attached hydrogen (secondary N) is 2. The van der Waals surface area contributed by atoms with E-state index in [-0.39, 0.29) is 11.6 Å². The summed E-state index contributed by atoms with van der Waals surface area (Å²) in [6.45, 7) is 1.90. The molecule has 2 N–H and O–H groups in total. The quantitative estimate of drug-likeness (QED) is 0.637. The molecule has 0 saturated carbocycles. The third-order valence-electron chi connectivity index (χ3n) is 3.95. The third-order valence-corrected chi connectivity index (χ3v) is 3.95. The summed E-state index contributed by atoms with van der Waals surface area (Å²) in [6, 6.07) is 17.4. The van der Waals surface area contributed by atoms with Gasteiger partial charge in [-0.05, 0) is 55.5 Å². The highest BCUT2D eigenvalue weighted by atomic mass is 16.5. The van der Waals surface area contributed by atoms with E-state index in [9.17, 15) is 9.59 Å². The van der Waals surface area contributed by atoms with Gasteiger partial charge in [0.2, 0.25) is 0 Å². The Bertz CT molecular complexity index is 990. The smallest absolute Gasteiger partial charge is 0.272 e. The van der Waals surface area contributed by atoms with Gasteiger partial charge in [-0.3, -0.25) is 9.59 Å². The summed E-state index contributed by atoms with van der Waals surface area (Å²) >= 11 is 0. The minimum Gasteiger partial charge on any atom is -0.497 e. The molecule has 2 aromatic carbocycles. The number of benzene rings is 2. The van der Waals surface area contributed by atoms with Gasteiger partial charge in [-0.25, -0.2) is 0 Å². The van der Waals surface area contributed by atoms with E-state index in [0.717, 1.165) is 5.56 Å². The number of rotatable bonds is 6. The molecular weight excluding hydrogens is 356 g/mol. The second-order valence-corrected chi connectivity index (χ2v) is 6.08. The number of carbonyl (C=O) groups is 2. The fourth-order valence-electron chi connectivity index (χ4n) is 2.53. The Morgan fingerprint density at radius 1 is 1.04 bits per heavy atom. The van der Waals surface area contributed by atoms with Crippen LogP contribution in [0.1, 0.15) is 21.7 Å². The number of hydrogen-bond donors (Lipinski definition) is 2. The van der Waals surface area contributed by atoms with Crippen LogP contribution in [0.5, 0.6) is 5.75 Å². The van der Waals surface area contributed by atoms with Gasteiger partial charge in [-0.1, -0.05) is 17.7 Å². The van der Waals surface area contributed by atoms with Crippen LogP contribution >= 0.6 is 0 Å². The van der Waals surface area contributed by atoms with Crippen LogP contribution in [0.3, 0.4) is 0 Å². The lowest BCUT2D eigenvalue weighted by atomic mass is 10.1. The molecule has 0 unspecified atom stereocenters. The first-order valence-electron chi connectivity index (χ1n) is 8.64. The van der Waals surface area contributed by atoms with Crippen molar-refractivity contribution in [1.29, 1.82) is 0 Å². The maximum Gasteiger partial charge on any atom is 0.272 e. The first-order chi connectivity index (χ1) is 13.5. The summed E-state index contributed by atoms with van der Waals surface area (Å²) in [4.78, 5) is 25.4. The number of aryl methyl sites for hydroxylation is 1. The predicted molar refractivity (Wildman–Crippen MR) is 107 cm³/mol. The van der Waals surface area contributed by atoms with Gasteiger partial charge >= 0.3 is 0 Å². The molecule has 0 aliphatic carbocycles. The number of methoxy groups -OCH3 is 1. The SMILES string of the molecule is COc1ccc(NC(=O)/C(=C/c2ccco2)NC(=O)c2cccc(C)c2)cc1. The molecule has 142 valence electrons. The van der Waals surface area contributed by atoms with Gasteiger partial charge in [0.25, 0.3) is 11.8 Å². The van der Waals surface area contributed by atoms with Crippen molar-refractivity contribution in [2.45, 2.75) is 6.92 Å². The van der Waals surface area contributed by atoms with Crippen molar-refractivity contribution >= 4 is 23.6 Å². The summed E-state index contributed by atoms with van der Waals surface area (Å²) in [5, 5.41) is 5.42. The molecule has 0 spiro atoms. The summed E-state index contributed by atoms with van der Waals surface area (Å²) in [5.41, 5.74) is 2.05. The Kier molecular flexibility index (Phi) is 5.91. The summed E-state index contributed by atoms with van der Waals surface area (Å²) < 4.78 is 10.4. The zero-order chi connectivity index (χ0) is 19.9. The first kappa shape index (κ1) is 19.0. The molecule has 2 amide bonds. The van der Waals surface area contributed by atoms with E-state index in [1.54, 1.807) is 61.7 Å². The van der Waals surface area contributed by atoms with E-state index in [1.807, 2.05) is 13.0 Å². The van der Waals surface area contributed by atoms with Crippen molar-refractivity contribution in [1.82, 2.24) is 5.32 Å². The van der Waals surface area contributed by atoms with Crippen molar-refractivity contribution in [3.05, 3.63) is 89.5 Å². The van der Waals surface area contributed by atoms with E-state index in [0.29, 0.717) is 22.8 Å². The van der Waals surface area contributed by atoms with Crippen LogP contribution in [0.25, 0.3) is 6.08 Å². The number of hydrogen-bond acceptors (Lipinski definition) is 4. The Balaban J connectivity index is 1.82. The molecule has 0 fully saturated rings. The fourth-order valence-corrected chi connectivity index (χ4v) is 2.53. The second kappa shape index (κ2) is 8.73. The lowest BCUT2D eigenvalue weighted by Crippen LogP contribution is -2.30. The second-order valence-electron chi connectivity index (χ2n) is 6.08. The van der Waals surface area contributed by atoms with Crippen molar-refractivity contribution in [3.63, 3.8) is 0 Å². The molecule has 1 heterocycles. The highest BCUT2D eigenvalue weighted by Gasteiger charge is 2.16. The van der Waals surface area contributed by atoms with Crippen molar-refractivity contribution in [2.24, 2.45) is 0 Å². The van der Waals surface area contributed by atoms with Crippen LogP contribution in [-0.4, -0.2) is 18.9 Å². The lowest BCUT2D eigenvalue weighted by molar-refractivity contribution is -0.113. The van der Waals surface area contributed by atoms with Gasteiger partial charge in [-0.2, -0.15) is 0 Å². The van der Waals surface area contributed by atoms with Crippen molar-refractivity contribution in [3.8, 4) is 5.75 Å². The number of furan rings is 1. The molecule has 1 aromatic heterocycles. The Morgan fingerprint density at radius 2 is 1.82 bits per heavy atom. The van der Waals surface area contributed by atoms with Crippen molar-refractivity contribution in [2.75, 3.05) is 12.4 Å².